The van der Waals surface area contributed by atoms with E-state index in [0.29, 0.717) is 36.0 Å². The number of amides is 1. The van der Waals surface area contributed by atoms with Crippen molar-refractivity contribution in [2.24, 2.45) is 10.9 Å². The molecule has 0 saturated heterocycles. The zero-order chi connectivity index (χ0) is 28.6. The number of nitrogens with zero attached hydrogens (tertiary/aromatic N) is 5. The summed E-state index contributed by atoms with van der Waals surface area (Å²) in [4.78, 5) is 25.9. The van der Waals surface area contributed by atoms with E-state index in [9.17, 15) is 31.1 Å². The minimum absolute atomic E-state index is 0.00613. The molecular formula is C27H27F6N5O. The van der Waals surface area contributed by atoms with Crippen molar-refractivity contribution in [2.75, 3.05) is 24.7 Å². The van der Waals surface area contributed by atoms with Crippen LogP contribution in [-0.4, -0.2) is 52.1 Å². The molecule has 2 aliphatic heterocycles. The number of anilines is 1. The lowest BCUT2D eigenvalue weighted by molar-refractivity contribution is -0.139. The van der Waals surface area contributed by atoms with Crippen LogP contribution in [0.4, 0.5) is 32.2 Å². The van der Waals surface area contributed by atoms with Gasteiger partial charge in [0, 0.05) is 12.1 Å². The molecule has 1 aromatic heterocycles. The van der Waals surface area contributed by atoms with Crippen molar-refractivity contribution in [3.05, 3.63) is 71.5 Å². The molecule has 0 saturated carbocycles. The minimum Gasteiger partial charge on any atom is -0.305 e. The van der Waals surface area contributed by atoms with Gasteiger partial charge in [-0.1, -0.05) is 26.5 Å². The fourth-order valence-electron chi connectivity index (χ4n) is 4.50. The predicted octanol–water partition coefficient (Wildman–Crippen LogP) is 6.32. The van der Waals surface area contributed by atoms with Gasteiger partial charge in [0.05, 0.1) is 24.7 Å². The van der Waals surface area contributed by atoms with Crippen LogP contribution in [0.15, 0.2) is 59.4 Å². The van der Waals surface area contributed by atoms with Crippen molar-refractivity contribution in [3.8, 4) is 11.4 Å². The van der Waals surface area contributed by atoms with Gasteiger partial charge in [0.2, 0.25) is 5.96 Å². The second-order valence-electron chi connectivity index (χ2n) is 9.52. The first-order valence-corrected chi connectivity index (χ1v) is 12.3. The summed E-state index contributed by atoms with van der Waals surface area (Å²) in [5.74, 6) is -1.96. The van der Waals surface area contributed by atoms with E-state index in [1.54, 1.807) is 11.8 Å². The standard InChI is InChI=1S/C27H27F6N5O/c1-5-36-25(39)22-24(38-14-21(15(2)3)34-26(36)38)37(13-16(4)6-8-18(29)10-11-28)23(35-22)17-7-9-20(30)19(12-17)27(31,32)33/h6-10,12,15,21H,4-5,11,13-14H2,1-3H3. The van der Waals surface area contributed by atoms with Crippen LogP contribution in [0.3, 0.4) is 0 Å². The third kappa shape index (κ3) is 5.37. The largest absolute Gasteiger partial charge is 0.419 e. The lowest BCUT2D eigenvalue weighted by Crippen LogP contribution is -2.50. The fraction of sp³-hybridized carbons (Fsp3) is 0.370. The van der Waals surface area contributed by atoms with Crippen molar-refractivity contribution >= 4 is 17.7 Å². The molecule has 1 atom stereocenters. The monoisotopic (exact) mass is 551 g/mol. The van der Waals surface area contributed by atoms with Gasteiger partial charge in [-0.2, -0.15) is 13.2 Å². The van der Waals surface area contributed by atoms with Gasteiger partial charge >= 0.3 is 6.18 Å². The average Bonchev–Trinajstić information content (AvgIpc) is 3.46. The van der Waals surface area contributed by atoms with Crippen LogP contribution in [0.1, 0.15) is 36.8 Å². The topological polar surface area (TPSA) is 53.7 Å². The number of allylic oxidation sites excluding steroid dienone is 5. The molecule has 0 radical (unpaired) electrons. The van der Waals surface area contributed by atoms with E-state index in [-0.39, 0.29) is 42.1 Å². The molecule has 0 bridgehead atoms. The maximum Gasteiger partial charge on any atom is 0.419 e. The SMILES string of the molecule is C=C(C=CC(F)=CCF)Cn1c(-c2ccc(F)c(C(F)(F)F)c2)nc2c1N1CC(C(C)C)N=C1N(CC)C2=O. The molecule has 1 aromatic carbocycles. The molecular weight excluding hydrogens is 524 g/mol. The lowest BCUT2D eigenvalue weighted by atomic mass is 10.1. The highest BCUT2D eigenvalue weighted by atomic mass is 19.4. The number of halogens is 6. The van der Waals surface area contributed by atoms with Crippen molar-refractivity contribution in [2.45, 2.75) is 39.5 Å². The van der Waals surface area contributed by atoms with Gasteiger partial charge in [0.1, 0.15) is 30.0 Å². The summed E-state index contributed by atoms with van der Waals surface area (Å²) in [6.45, 7) is 9.19. The second kappa shape index (κ2) is 10.7. The van der Waals surface area contributed by atoms with Crippen LogP contribution in [-0.2, 0) is 12.7 Å². The number of benzene rings is 1. The van der Waals surface area contributed by atoms with Crippen LogP contribution in [0.2, 0.25) is 0 Å². The summed E-state index contributed by atoms with van der Waals surface area (Å²) in [5.41, 5.74) is -1.27. The van der Waals surface area contributed by atoms with E-state index in [0.717, 1.165) is 18.2 Å². The van der Waals surface area contributed by atoms with E-state index in [4.69, 9.17) is 4.99 Å². The Morgan fingerprint density at radius 2 is 1.97 bits per heavy atom. The maximum absolute atomic E-state index is 14.1. The molecule has 0 spiro atoms. The Bertz CT molecular complexity index is 1390. The highest BCUT2D eigenvalue weighted by Gasteiger charge is 2.44. The second-order valence-corrected chi connectivity index (χ2v) is 9.52. The number of imidazole rings is 1. The number of carbonyl (C=O) groups excluding carboxylic acids is 1. The first kappa shape index (κ1) is 28.2. The number of guanidine groups is 1. The summed E-state index contributed by atoms with van der Waals surface area (Å²) < 4.78 is 82.3. The first-order valence-electron chi connectivity index (χ1n) is 12.3. The molecule has 3 heterocycles. The highest BCUT2D eigenvalue weighted by molar-refractivity contribution is 6.18. The number of hydrogen-bond donors (Lipinski definition) is 0. The molecule has 4 rings (SSSR count). The van der Waals surface area contributed by atoms with Gasteiger partial charge < -0.3 is 4.57 Å². The third-order valence-corrected chi connectivity index (χ3v) is 6.51. The zero-order valence-electron chi connectivity index (χ0n) is 21.6. The molecule has 6 nitrogen and oxygen atoms in total. The van der Waals surface area contributed by atoms with E-state index < -0.39 is 36.0 Å². The van der Waals surface area contributed by atoms with E-state index in [1.807, 2.05) is 13.8 Å². The predicted molar refractivity (Wildman–Crippen MR) is 136 cm³/mol. The highest BCUT2D eigenvalue weighted by Crippen LogP contribution is 2.39. The molecule has 1 amide bonds. The normalized spacial score (nSPS) is 17.8. The molecule has 0 N–H and O–H groups in total. The number of carbonyl (C=O) groups is 1. The van der Waals surface area contributed by atoms with E-state index in [1.165, 1.54) is 15.5 Å². The molecule has 208 valence electrons. The Kier molecular flexibility index (Phi) is 7.76. The van der Waals surface area contributed by atoms with Crippen LogP contribution in [0, 0.1) is 11.7 Å². The minimum atomic E-state index is -4.96. The van der Waals surface area contributed by atoms with E-state index >= 15 is 0 Å². The van der Waals surface area contributed by atoms with Gasteiger partial charge in [-0.3, -0.25) is 14.6 Å². The zero-order valence-corrected chi connectivity index (χ0v) is 21.6. The van der Waals surface area contributed by atoms with Crippen molar-refractivity contribution in [3.63, 3.8) is 0 Å². The molecule has 0 aliphatic carbocycles. The van der Waals surface area contributed by atoms with Gasteiger partial charge in [0.15, 0.2) is 5.69 Å². The summed E-state index contributed by atoms with van der Waals surface area (Å²) in [6, 6.07) is 2.32. The van der Waals surface area contributed by atoms with Crippen molar-refractivity contribution in [1.82, 2.24) is 14.5 Å². The average molecular weight is 552 g/mol. The van der Waals surface area contributed by atoms with Crippen LogP contribution in [0.25, 0.3) is 11.4 Å². The third-order valence-electron chi connectivity index (χ3n) is 6.51. The Morgan fingerprint density at radius 1 is 1.26 bits per heavy atom. The van der Waals surface area contributed by atoms with E-state index in [2.05, 4.69) is 11.6 Å². The van der Waals surface area contributed by atoms with Gasteiger partial charge in [-0.15, -0.1) is 0 Å². The summed E-state index contributed by atoms with van der Waals surface area (Å²) in [7, 11) is 0. The Labute approximate surface area is 221 Å². The van der Waals surface area contributed by atoms with Crippen molar-refractivity contribution < 1.29 is 31.1 Å². The van der Waals surface area contributed by atoms with Gasteiger partial charge in [-0.05, 0) is 48.8 Å². The fourth-order valence-corrected chi connectivity index (χ4v) is 4.50. The van der Waals surface area contributed by atoms with Crippen LogP contribution < -0.4 is 4.90 Å². The smallest absolute Gasteiger partial charge is 0.305 e. The summed E-state index contributed by atoms with van der Waals surface area (Å²) >= 11 is 0. The van der Waals surface area contributed by atoms with Crippen LogP contribution in [0.5, 0.6) is 0 Å². The molecule has 2 aliphatic rings. The van der Waals surface area contributed by atoms with Crippen LogP contribution >= 0.6 is 0 Å². The van der Waals surface area contributed by atoms with Gasteiger partial charge in [-0.25, -0.2) is 23.1 Å². The maximum atomic E-state index is 14.1. The first-order chi connectivity index (χ1) is 18.4. The molecule has 39 heavy (non-hydrogen) atoms. The number of aliphatic imine (C=N–C) groups is 1. The number of hydrogen-bond acceptors (Lipinski definition) is 4. The van der Waals surface area contributed by atoms with Crippen molar-refractivity contribution in [1.29, 1.82) is 0 Å². The molecule has 2 aromatic rings. The molecule has 0 fully saturated rings. The number of aromatic nitrogens is 2. The Balaban J connectivity index is 1.91. The number of fused-ring (bicyclic) bond motifs is 3. The number of rotatable bonds is 8. The number of alkyl halides is 4. The quantitative estimate of drug-likeness (QED) is 0.285. The van der Waals surface area contributed by atoms with Gasteiger partial charge in [0.25, 0.3) is 5.91 Å². The molecule has 12 heteroatoms. The molecule has 1 unspecified atom stereocenters. The summed E-state index contributed by atoms with van der Waals surface area (Å²) in [5, 5.41) is 0. The lowest BCUT2D eigenvalue weighted by Gasteiger charge is -2.34. The Hall–Kier alpha value is -3.83. The summed E-state index contributed by atoms with van der Waals surface area (Å²) in [6.07, 6.45) is -1.94. The Morgan fingerprint density at radius 3 is 2.59 bits per heavy atom.